The lowest BCUT2D eigenvalue weighted by Crippen LogP contribution is -2.51. The molecule has 0 spiro atoms. The first-order chi connectivity index (χ1) is 15.6. The normalized spacial score (nSPS) is 11.4. The average molecular weight is 494 g/mol. The summed E-state index contributed by atoms with van der Waals surface area (Å²) in [5, 5.41) is 12.6. The lowest BCUT2D eigenvalue weighted by atomic mass is 10.1. The van der Waals surface area contributed by atoms with Gasteiger partial charge in [0, 0.05) is 17.8 Å². The molecule has 6 nitrogen and oxygen atoms in total. The number of aromatic nitrogens is 3. The van der Waals surface area contributed by atoms with E-state index in [1.807, 2.05) is 0 Å². The molecule has 0 aliphatic carbocycles. The first kappa shape index (κ1) is 22.6. The summed E-state index contributed by atoms with van der Waals surface area (Å²) >= 11 is 12.0. The second-order valence-electron chi connectivity index (χ2n) is 6.73. The molecule has 4 rings (SSSR count). The zero-order valence-electron chi connectivity index (χ0n) is 16.4. The highest BCUT2D eigenvalue weighted by molar-refractivity contribution is 6.33. The zero-order valence-corrected chi connectivity index (χ0v) is 17.9. The van der Waals surface area contributed by atoms with Gasteiger partial charge in [-0.2, -0.15) is 27.3 Å². The molecule has 2 aromatic heterocycles. The van der Waals surface area contributed by atoms with Gasteiger partial charge in [-0.1, -0.05) is 35.3 Å². The van der Waals surface area contributed by atoms with Crippen molar-refractivity contribution in [3.05, 3.63) is 104 Å². The Morgan fingerprint density at radius 3 is 2.33 bits per heavy atom. The highest BCUT2D eigenvalue weighted by Gasteiger charge is 2.31. The predicted octanol–water partition coefficient (Wildman–Crippen LogP) is 5.65. The maximum atomic E-state index is 12.7. The molecule has 0 bridgehead atoms. The van der Waals surface area contributed by atoms with Crippen LogP contribution in [-0.2, 0) is 6.18 Å². The number of ether oxygens (including phenoxy) is 1. The van der Waals surface area contributed by atoms with Gasteiger partial charge in [0.2, 0.25) is 5.88 Å². The molecule has 0 atom stereocenters. The van der Waals surface area contributed by atoms with Crippen LogP contribution in [0, 0.1) is 5.21 Å². The third-order valence-electron chi connectivity index (χ3n) is 4.59. The molecule has 168 valence electrons. The predicted molar refractivity (Wildman–Crippen MR) is 116 cm³/mol. The third kappa shape index (κ3) is 4.64. The van der Waals surface area contributed by atoms with Gasteiger partial charge in [0.05, 0.1) is 10.6 Å². The van der Waals surface area contributed by atoms with Gasteiger partial charge in [-0.25, -0.2) is 4.98 Å². The molecular formula is C22H12Cl2F3N3O3. The van der Waals surface area contributed by atoms with Crippen LogP contribution in [0.3, 0.4) is 0 Å². The Kier molecular flexibility index (Phi) is 6.01. The van der Waals surface area contributed by atoms with Crippen molar-refractivity contribution >= 4 is 23.2 Å². The van der Waals surface area contributed by atoms with Gasteiger partial charge in [0.15, 0.2) is 0 Å². The fraction of sp³-hybridized carbons (Fsp3) is 0.0455. The third-order valence-corrected chi connectivity index (χ3v) is 5.19. The highest BCUT2D eigenvalue weighted by Crippen LogP contribution is 2.34. The van der Waals surface area contributed by atoms with Crippen molar-refractivity contribution in [3.8, 4) is 28.6 Å². The van der Waals surface area contributed by atoms with Crippen LogP contribution in [0.25, 0.3) is 16.9 Å². The van der Waals surface area contributed by atoms with Crippen molar-refractivity contribution in [2.75, 3.05) is 0 Å². The van der Waals surface area contributed by atoms with E-state index in [4.69, 9.17) is 27.9 Å². The van der Waals surface area contributed by atoms with Gasteiger partial charge in [0.25, 0.3) is 0 Å². The molecule has 11 heteroatoms. The van der Waals surface area contributed by atoms with E-state index in [9.17, 15) is 23.2 Å². The summed E-state index contributed by atoms with van der Waals surface area (Å²) in [6, 6.07) is 14.7. The number of hydrogen-bond acceptors (Lipinski definition) is 4. The molecule has 0 aliphatic rings. The van der Waals surface area contributed by atoms with E-state index >= 15 is 0 Å². The van der Waals surface area contributed by atoms with Gasteiger partial charge in [-0.05, 0) is 42.5 Å². The number of nitrogens with zero attached hydrogens (tertiary/aromatic N) is 3. The fourth-order valence-electron chi connectivity index (χ4n) is 2.98. The van der Waals surface area contributed by atoms with E-state index in [-0.39, 0.29) is 27.1 Å². The van der Waals surface area contributed by atoms with Crippen molar-refractivity contribution in [3.63, 3.8) is 0 Å². The minimum Gasteiger partial charge on any atom is -0.708 e. The number of pyridine rings is 1. The van der Waals surface area contributed by atoms with Crippen LogP contribution < -0.4 is 15.2 Å². The van der Waals surface area contributed by atoms with Gasteiger partial charge >= 0.3 is 11.9 Å². The van der Waals surface area contributed by atoms with Gasteiger partial charge in [0.1, 0.15) is 28.4 Å². The maximum Gasteiger partial charge on any atom is 0.506 e. The summed E-state index contributed by atoms with van der Waals surface area (Å²) < 4.78 is 45.0. The topological polar surface area (TPSA) is 71.1 Å². The van der Waals surface area contributed by atoms with E-state index in [0.29, 0.717) is 28.5 Å². The molecule has 0 radical (unpaired) electrons. The van der Waals surface area contributed by atoms with Crippen molar-refractivity contribution < 1.29 is 22.6 Å². The summed E-state index contributed by atoms with van der Waals surface area (Å²) in [6.07, 6.45) is -2.54. The SMILES string of the molecule is O=c1n(-c2ccc(Oc3ncc(C(F)(F)F)cc3Cl)cc2)ccc(-c2ccccc2Cl)[n+]1[O-]. The Morgan fingerprint density at radius 2 is 1.70 bits per heavy atom. The Labute approximate surface area is 194 Å². The lowest BCUT2D eigenvalue weighted by Gasteiger charge is -2.11. The van der Waals surface area contributed by atoms with Crippen LogP contribution in [0.2, 0.25) is 10.0 Å². The standard InChI is InChI=1S/C22H12Cl2F3N3O3/c23-17-4-2-1-3-16(17)19-9-10-29(21(31)30(19)32)14-5-7-15(8-6-14)33-20-18(24)11-13(12-28-20)22(25,26)27/h1-12H. The largest absolute Gasteiger partial charge is 0.708 e. The van der Waals surface area contributed by atoms with Crippen LogP contribution in [0.4, 0.5) is 13.2 Å². The second kappa shape index (κ2) is 8.76. The van der Waals surface area contributed by atoms with Crippen LogP contribution in [-0.4, -0.2) is 9.55 Å². The van der Waals surface area contributed by atoms with Crippen LogP contribution >= 0.6 is 23.2 Å². The first-order valence-electron chi connectivity index (χ1n) is 9.26. The Hall–Kier alpha value is -3.56. The highest BCUT2D eigenvalue weighted by atomic mass is 35.5. The maximum absolute atomic E-state index is 12.7. The molecule has 0 saturated heterocycles. The molecule has 33 heavy (non-hydrogen) atoms. The molecule has 0 N–H and O–H groups in total. The smallest absolute Gasteiger partial charge is 0.506 e. The summed E-state index contributed by atoms with van der Waals surface area (Å²) in [4.78, 5) is 16.2. The molecule has 0 saturated carbocycles. The zero-order chi connectivity index (χ0) is 23.8. The molecule has 0 aliphatic heterocycles. The summed E-state index contributed by atoms with van der Waals surface area (Å²) in [6.45, 7) is 0. The molecule has 2 aromatic carbocycles. The molecule has 0 unspecified atom stereocenters. The van der Waals surface area contributed by atoms with Crippen LogP contribution in [0.1, 0.15) is 5.56 Å². The van der Waals surface area contributed by atoms with E-state index in [0.717, 1.165) is 4.57 Å². The lowest BCUT2D eigenvalue weighted by molar-refractivity contribution is -0.614. The summed E-state index contributed by atoms with van der Waals surface area (Å²) in [7, 11) is 0. The molecule has 0 amide bonds. The second-order valence-corrected chi connectivity index (χ2v) is 7.55. The van der Waals surface area contributed by atoms with Gasteiger partial charge < -0.3 is 9.94 Å². The minimum atomic E-state index is -4.58. The fourth-order valence-corrected chi connectivity index (χ4v) is 3.42. The van der Waals surface area contributed by atoms with Crippen LogP contribution in [0.15, 0.2) is 77.9 Å². The van der Waals surface area contributed by atoms with Crippen molar-refractivity contribution in [1.82, 2.24) is 9.55 Å². The van der Waals surface area contributed by atoms with Crippen molar-refractivity contribution in [1.29, 1.82) is 0 Å². The monoisotopic (exact) mass is 493 g/mol. The average Bonchev–Trinajstić information content (AvgIpc) is 2.78. The van der Waals surface area contributed by atoms with E-state index in [1.54, 1.807) is 24.3 Å². The molecule has 2 heterocycles. The van der Waals surface area contributed by atoms with E-state index < -0.39 is 17.4 Å². The number of halogens is 5. The summed E-state index contributed by atoms with van der Waals surface area (Å²) in [5.74, 6) is -0.000258. The van der Waals surface area contributed by atoms with Crippen molar-refractivity contribution in [2.24, 2.45) is 0 Å². The Morgan fingerprint density at radius 1 is 1.00 bits per heavy atom. The minimum absolute atomic E-state index is 0.102. The quantitative estimate of drug-likeness (QED) is 0.272. The number of benzene rings is 2. The number of hydrogen-bond donors (Lipinski definition) is 0. The van der Waals surface area contributed by atoms with Gasteiger partial charge in [-0.3, -0.25) is 0 Å². The molecule has 4 aromatic rings. The van der Waals surface area contributed by atoms with Crippen molar-refractivity contribution in [2.45, 2.75) is 6.18 Å². The van der Waals surface area contributed by atoms with E-state index in [1.165, 1.54) is 36.5 Å². The molecular weight excluding hydrogens is 482 g/mol. The van der Waals surface area contributed by atoms with Gasteiger partial charge in [-0.15, -0.1) is 0 Å². The number of rotatable bonds is 4. The summed E-state index contributed by atoms with van der Waals surface area (Å²) in [5.41, 5.74) is -0.976. The van der Waals surface area contributed by atoms with E-state index in [2.05, 4.69) is 4.98 Å². The Balaban J connectivity index is 1.60. The first-order valence-corrected chi connectivity index (χ1v) is 10.0. The molecule has 0 fully saturated rings. The van der Waals surface area contributed by atoms with Crippen LogP contribution in [0.5, 0.6) is 11.6 Å². The number of alkyl halides is 3. The Bertz CT molecular complexity index is 1390.